The predicted octanol–water partition coefficient (Wildman–Crippen LogP) is 1.80. The number of nitrogens with two attached hydrogens (primary N) is 1. The summed E-state index contributed by atoms with van der Waals surface area (Å²) < 4.78 is 30.8. The fraction of sp³-hybridized carbons (Fsp3) is 0.500. The standard InChI is InChI=1S/C14H23N3O4S.ClH/c1-5-22(19,20)17-12-7-6-11(8-13(12)21-4)16-14(18)9(2)10(3)15;/h6-10,17H,5,15H2,1-4H3,(H,16,18);1H. The summed E-state index contributed by atoms with van der Waals surface area (Å²) in [5.74, 6) is -0.271. The van der Waals surface area contributed by atoms with Crippen LogP contribution >= 0.6 is 12.4 Å². The lowest BCUT2D eigenvalue weighted by molar-refractivity contribution is -0.119. The third-order valence-corrected chi connectivity index (χ3v) is 4.61. The molecule has 1 aromatic carbocycles. The molecule has 0 aliphatic heterocycles. The molecule has 0 aliphatic carbocycles. The second-order valence-corrected chi connectivity index (χ2v) is 7.07. The van der Waals surface area contributed by atoms with E-state index in [2.05, 4.69) is 10.0 Å². The second-order valence-electron chi connectivity index (χ2n) is 5.06. The Labute approximate surface area is 143 Å². The molecule has 1 rings (SSSR count). The summed E-state index contributed by atoms with van der Waals surface area (Å²) in [6.45, 7) is 5.03. The fourth-order valence-electron chi connectivity index (χ4n) is 1.59. The molecule has 0 radical (unpaired) electrons. The highest BCUT2D eigenvalue weighted by Gasteiger charge is 2.18. The van der Waals surface area contributed by atoms with Gasteiger partial charge in [-0.25, -0.2) is 8.42 Å². The first-order valence-corrected chi connectivity index (χ1v) is 8.60. The van der Waals surface area contributed by atoms with Crippen molar-refractivity contribution in [3.63, 3.8) is 0 Å². The molecule has 0 aliphatic rings. The Balaban J connectivity index is 0.00000484. The summed E-state index contributed by atoms with van der Waals surface area (Å²) in [5, 5.41) is 2.73. The van der Waals surface area contributed by atoms with Gasteiger partial charge in [0.2, 0.25) is 15.9 Å². The highest BCUT2D eigenvalue weighted by atomic mass is 35.5. The molecule has 1 aromatic rings. The number of benzene rings is 1. The molecule has 0 saturated carbocycles. The van der Waals surface area contributed by atoms with Gasteiger partial charge in [0.1, 0.15) is 5.75 Å². The van der Waals surface area contributed by atoms with Crippen LogP contribution in [0.25, 0.3) is 0 Å². The number of hydrogen-bond acceptors (Lipinski definition) is 5. The molecule has 7 nitrogen and oxygen atoms in total. The van der Waals surface area contributed by atoms with E-state index < -0.39 is 10.0 Å². The Hall–Kier alpha value is -1.51. The van der Waals surface area contributed by atoms with Crippen LogP contribution in [0.15, 0.2) is 18.2 Å². The number of halogens is 1. The lowest BCUT2D eigenvalue weighted by atomic mass is 10.0. The van der Waals surface area contributed by atoms with Gasteiger partial charge in [-0.1, -0.05) is 6.92 Å². The van der Waals surface area contributed by atoms with Crippen molar-refractivity contribution in [2.24, 2.45) is 11.7 Å². The van der Waals surface area contributed by atoms with Gasteiger partial charge >= 0.3 is 0 Å². The van der Waals surface area contributed by atoms with Crippen molar-refractivity contribution in [2.45, 2.75) is 26.8 Å². The van der Waals surface area contributed by atoms with Gasteiger partial charge in [-0.05, 0) is 26.0 Å². The maximum atomic E-state index is 12.0. The van der Waals surface area contributed by atoms with Crippen molar-refractivity contribution >= 4 is 39.7 Å². The second kappa shape index (κ2) is 8.95. The number of anilines is 2. The minimum absolute atomic E-state index is 0. The lowest BCUT2D eigenvalue weighted by Gasteiger charge is -2.17. The Morgan fingerprint density at radius 3 is 2.43 bits per heavy atom. The molecule has 0 spiro atoms. The third kappa shape index (κ3) is 6.25. The van der Waals surface area contributed by atoms with Gasteiger partial charge in [-0.15, -0.1) is 12.4 Å². The van der Waals surface area contributed by atoms with Crippen LogP contribution in [0, 0.1) is 5.92 Å². The van der Waals surface area contributed by atoms with E-state index in [4.69, 9.17) is 10.5 Å². The van der Waals surface area contributed by atoms with E-state index in [9.17, 15) is 13.2 Å². The topological polar surface area (TPSA) is 111 Å². The molecular formula is C14H24ClN3O4S. The normalized spacial score (nSPS) is 13.4. The van der Waals surface area contributed by atoms with Crippen LogP contribution < -0.4 is 20.5 Å². The van der Waals surface area contributed by atoms with Gasteiger partial charge in [0.05, 0.1) is 24.5 Å². The van der Waals surface area contributed by atoms with E-state index >= 15 is 0 Å². The number of methoxy groups -OCH3 is 1. The highest BCUT2D eigenvalue weighted by Crippen LogP contribution is 2.29. The first-order valence-electron chi connectivity index (χ1n) is 6.95. The van der Waals surface area contributed by atoms with Gasteiger partial charge in [-0.2, -0.15) is 0 Å². The molecule has 0 fully saturated rings. The number of carbonyl (C=O) groups is 1. The van der Waals surface area contributed by atoms with Gasteiger partial charge < -0.3 is 15.8 Å². The van der Waals surface area contributed by atoms with Crippen molar-refractivity contribution in [3.05, 3.63) is 18.2 Å². The SMILES string of the molecule is CCS(=O)(=O)Nc1ccc(NC(=O)C(C)C(C)N)cc1OC.Cl. The van der Waals surface area contributed by atoms with Crippen LogP contribution in [0.5, 0.6) is 5.75 Å². The summed E-state index contributed by atoms with van der Waals surface area (Å²) >= 11 is 0. The van der Waals surface area contributed by atoms with Crippen LogP contribution in [-0.4, -0.2) is 33.2 Å². The monoisotopic (exact) mass is 365 g/mol. The van der Waals surface area contributed by atoms with E-state index in [-0.39, 0.29) is 36.0 Å². The highest BCUT2D eigenvalue weighted by molar-refractivity contribution is 7.92. The molecule has 0 saturated heterocycles. The first-order chi connectivity index (χ1) is 10.2. The zero-order valence-electron chi connectivity index (χ0n) is 13.6. The third-order valence-electron chi connectivity index (χ3n) is 3.32. The number of carbonyl (C=O) groups excluding carboxylic acids is 1. The Kier molecular flexibility index (Phi) is 8.36. The smallest absolute Gasteiger partial charge is 0.232 e. The number of ether oxygens (including phenoxy) is 1. The molecular weight excluding hydrogens is 342 g/mol. The Morgan fingerprint density at radius 1 is 1.35 bits per heavy atom. The molecule has 2 unspecified atom stereocenters. The van der Waals surface area contributed by atoms with Gasteiger partial charge in [0.25, 0.3) is 0 Å². The van der Waals surface area contributed by atoms with E-state index in [1.54, 1.807) is 32.9 Å². The maximum absolute atomic E-state index is 12.0. The average molecular weight is 366 g/mol. The number of amides is 1. The van der Waals surface area contributed by atoms with Crippen molar-refractivity contribution in [1.82, 2.24) is 0 Å². The van der Waals surface area contributed by atoms with Crippen molar-refractivity contribution in [2.75, 3.05) is 22.9 Å². The molecule has 23 heavy (non-hydrogen) atoms. The molecule has 1 amide bonds. The predicted molar refractivity (Wildman–Crippen MR) is 94.8 cm³/mol. The van der Waals surface area contributed by atoms with Crippen LogP contribution in [0.3, 0.4) is 0 Å². The molecule has 9 heteroatoms. The largest absolute Gasteiger partial charge is 0.494 e. The van der Waals surface area contributed by atoms with E-state index in [1.807, 2.05) is 0 Å². The number of nitrogens with one attached hydrogen (secondary N) is 2. The zero-order chi connectivity index (χ0) is 16.9. The van der Waals surface area contributed by atoms with Gasteiger partial charge in [0.15, 0.2) is 0 Å². The number of rotatable bonds is 7. The summed E-state index contributed by atoms with van der Waals surface area (Å²) in [5.41, 5.74) is 6.52. The van der Waals surface area contributed by atoms with Gasteiger partial charge in [0, 0.05) is 17.8 Å². The van der Waals surface area contributed by atoms with Crippen LogP contribution in [0.1, 0.15) is 20.8 Å². The number of hydrogen-bond donors (Lipinski definition) is 3. The Morgan fingerprint density at radius 2 is 1.96 bits per heavy atom. The fourth-order valence-corrected chi connectivity index (χ4v) is 2.24. The Bertz CT molecular complexity index is 635. The van der Waals surface area contributed by atoms with Gasteiger partial charge in [-0.3, -0.25) is 9.52 Å². The molecule has 0 bridgehead atoms. The van der Waals surface area contributed by atoms with E-state index in [1.165, 1.54) is 13.2 Å². The average Bonchev–Trinajstić information content (AvgIpc) is 2.47. The minimum atomic E-state index is -3.40. The summed E-state index contributed by atoms with van der Waals surface area (Å²) in [4.78, 5) is 12.0. The molecule has 0 aromatic heterocycles. The number of sulfonamides is 1. The molecule has 132 valence electrons. The van der Waals surface area contributed by atoms with Crippen LogP contribution in [0.2, 0.25) is 0 Å². The zero-order valence-corrected chi connectivity index (χ0v) is 15.3. The quantitative estimate of drug-likeness (QED) is 0.682. The van der Waals surface area contributed by atoms with E-state index in [0.717, 1.165) is 0 Å². The summed E-state index contributed by atoms with van der Waals surface area (Å²) in [6, 6.07) is 4.43. The first kappa shape index (κ1) is 21.5. The molecule has 2 atom stereocenters. The van der Waals surface area contributed by atoms with Crippen molar-refractivity contribution in [1.29, 1.82) is 0 Å². The van der Waals surface area contributed by atoms with Crippen LogP contribution in [0.4, 0.5) is 11.4 Å². The van der Waals surface area contributed by atoms with Crippen molar-refractivity contribution < 1.29 is 17.9 Å². The lowest BCUT2D eigenvalue weighted by Crippen LogP contribution is -2.34. The summed E-state index contributed by atoms with van der Waals surface area (Å²) in [7, 11) is -1.97. The van der Waals surface area contributed by atoms with Crippen LogP contribution in [-0.2, 0) is 14.8 Å². The molecule has 0 heterocycles. The molecule has 4 N–H and O–H groups in total. The van der Waals surface area contributed by atoms with E-state index in [0.29, 0.717) is 17.1 Å². The van der Waals surface area contributed by atoms with Crippen molar-refractivity contribution in [3.8, 4) is 5.75 Å². The summed E-state index contributed by atoms with van der Waals surface area (Å²) in [6.07, 6.45) is 0. The maximum Gasteiger partial charge on any atom is 0.232 e. The minimum Gasteiger partial charge on any atom is -0.494 e.